The first-order chi connectivity index (χ1) is 12.4. The van der Waals surface area contributed by atoms with Crippen LogP contribution in [0.4, 0.5) is 8.78 Å². The third-order valence-electron chi connectivity index (χ3n) is 4.04. The van der Waals surface area contributed by atoms with Crippen LogP contribution in [0.3, 0.4) is 0 Å². The van der Waals surface area contributed by atoms with Gasteiger partial charge in [0.2, 0.25) is 0 Å². The molecule has 0 radical (unpaired) electrons. The van der Waals surface area contributed by atoms with Crippen LogP contribution in [-0.4, -0.2) is 22.6 Å². The van der Waals surface area contributed by atoms with Gasteiger partial charge >= 0.3 is 12.5 Å². The number of hydrogen-bond acceptors (Lipinski definition) is 4. The fourth-order valence-corrected chi connectivity index (χ4v) is 2.81. The van der Waals surface area contributed by atoms with Crippen LogP contribution in [0.25, 0.3) is 11.0 Å². The summed E-state index contributed by atoms with van der Waals surface area (Å²) >= 11 is 0. The monoisotopic (exact) mass is 360 g/mol. The van der Waals surface area contributed by atoms with E-state index in [1.54, 1.807) is 42.5 Å². The van der Waals surface area contributed by atoms with E-state index in [4.69, 9.17) is 9.47 Å². The minimum absolute atomic E-state index is 0.0128. The van der Waals surface area contributed by atoms with Crippen LogP contribution in [0.5, 0.6) is 5.75 Å². The van der Waals surface area contributed by atoms with E-state index in [1.165, 1.54) is 14.0 Å². The Kier molecular flexibility index (Phi) is 4.88. The Morgan fingerprint density at radius 1 is 1.19 bits per heavy atom. The molecule has 1 atom stereocenters. The van der Waals surface area contributed by atoms with Gasteiger partial charge in [-0.2, -0.15) is 8.78 Å². The molecular weight excluding hydrogens is 342 g/mol. The van der Waals surface area contributed by atoms with Crippen LogP contribution in [0.2, 0.25) is 0 Å². The lowest BCUT2D eigenvalue weighted by atomic mass is 10.1. The number of aromatic nitrogens is 2. The summed E-state index contributed by atoms with van der Waals surface area (Å²) in [6.45, 7) is 0.544. The Hall–Kier alpha value is -2.96. The Bertz CT molecular complexity index is 953. The normalized spacial score (nSPS) is 12.4. The number of alkyl halides is 2. The van der Waals surface area contributed by atoms with Gasteiger partial charge in [0.1, 0.15) is 11.3 Å². The second-order valence-corrected chi connectivity index (χ2v) is 5.86. The molecule has 0 aliphatic rings. The van der Waals surface area contributed by atoms with Crippen molar-refractivity contribution in [3.8, 4) is 5.75 Å². The number of halogens is 2. The topological polar surface area (TPSA) is 53.4 Å². The lowest BCUT2D eigenvalue weighted by Gasteiger charge is -2.16. The quantitative estimate of drug-likeness (QED) is 0.621. The lowest BCUT2D eigenvalue weighted by Crippen LogP contribution is -2.15. The lowest BCUT2D eigenvalue weighted by molar-refractivity contribution is 0.0230. The first kappa shape index (κ1) is 17.8. The summed E-state index contributed by atoms with van der Waals surface area (Å²) in [5.74, 6) is -0.317. The first-order valence-electron chi connectivity index (χ1n) is 8.03. The molecule has 0 spiro atoms. The number of carbonyl (C=O) groups excluding carboxylic acids is 1. The molecule has 0 N–H and O–H groups in total. The molecule has 0 saturated carbocycles. The van der Waals surface area contributed by atoms with Crippen molar-refractivity contribution < 1.29 is 23.0 Å². The van der Waals surface area contributed by atoms with E-state index in [0.717, 1.165) is 10.1 Å². The highest BCUT2D eigenvalue weighted by atomic mass is 19.3. The number of carbonyl (C=O) groups is 1. The summed E-state index contributed by atoms with van der Waals surface area (Å²) in [5, 5.41) is 0. The maximum atomic E-state index is 13.5. The van der Waals surface area contributed by atoms with Gasteiger partial charge in [0.15, 0.2) is 11.9 Å². The molecule has 3 aromatic rings. The maximum Gasteiger partial charge on any atom is 0.342 e. The smallest absolute Gasteiger partial charge is 0.342 e. The van der Waals surface area contributed by atoms with Crippen molar-refractivity contribution in [2.24, 2.45) is 0 Å². The fraction of sp³-hybridized carbons (Fsp3) is 0.263. The van der Waals surface area contributed by atoms with Gasteiger partial charge in [-0.05, 0) is 38.1 Å². The molecule has 136 valence electrons. The number of rotatable bonds is 5. The molecule has 5 nitrogen and oxygen atoms in total. The minimum atomic E-state index is -2.80. The molecule has 1 aromatic heterocycles. The van der Waals surface area contributed by atoms with Crippen LogP contribution >= 0.6 is 0 Å². The highest BCUT2D eigenvalue weighted by Crippen LogP contribution is 2.29. The number of ether oxygens (including phenoxy) is 2. The van der Waals surface area contributed by atoms with Gasteiger partial charge in [-0.25, -0.2) is 9.78 Å². The van der Waals surface area contributed by atoms with Crippen LogP contribution < -0.4 is 4.74 Å². The van der Waals surface area contributed by atoms with E-state index in [-0.39, 0.29) is 16.9 Å². The first-order valence-corrected chi connectivity index (χ1v) is 8.03. The molecule has 0 amide bonds. The van der Waals surface area contributed by atoms with Gasteiger partial charge in [0, 0.05) is 0 Å². The van der Waals surface area contributed by atoms with Crippen molar-refractivity contribution in [3.05, 3.63) is 59.4 Å². The summed E-state index contributed by atoms with van der Waals surface area (Å²) in [7, 11) is 1.45. The minimum Gasteiger partial charge on any atom is -0.496 e. The zero-order valence-electron chi connectivity index (χ0n) is 14.6. The number of benzene rings is 2. The standard InChI is InChI=1S/C19H18F2N2O3/c1-11-8-9-16(25-3)13(10-11)18(24)26-12(2)17-22-14-6-4-5-7-15(14)23(17)19(20)21/h4-10,12,19H,1-3H3. The summed E-state index contributed by atoms with van der Waals surface area (Å²) in [6.07, 6.45) is -0.964. The number of aryl methyl sites for hydroxylation is 1. The Morgan fingerprint density at radius 3 is 2.62 bits per heavy atom. The van der Waals surface area contributed by atoms with E-state index in [0.29, 0.717) is 11.3 Å². The summed E-state index contributed by atoms with van der Waals surface area (Å²) in [6, 6.07) is 11.6. The molecule has 26 heavy (non-hydrogen) atoms. The van der Waals surface area contributed by atoms with Gasteiger partial charge in [-0.3, -0.25) is 4.57 Å². The third kappa shape index (κ3) is 3.24. The van der Waals surface area contributed by atoms with Crippen molar-refractivity contribution >= 4 is 17.0 Å². The average molecular weight is 360 g/mol. The zero-order chi connectivity index (χ0) is 18.8. The number of fused-ring (bicyclic) bond motifs is 1. The Labute approximate surface area is 149 Å². The molecule has 0 bridgehead atoms. The fourth-order valence-electron chi connectivity index (χ4n) is 2.81. The van der Waals surface area contributed by atoms with Crippen LogP contribution in [0.1, 0.15) is 41.3 Å². The number of esters is 1. The molecule has 2 aromatic carbocycles. The van der Waals surface area contributed by atoms with Gasteiger partial charge in [-0.1, -0.05) is 23.8 Å². The molecule has 0 fully saturated rings. The van der Waals surface area contributed by atoms with E-state index in [2.05, 4.69) is 4.98 Å². The van der Waals surface area contributed by atoms with Crippen LogP contribution in [0.15, 0.2) is 42.5 Å². The Morgan fingerprint density at radius 2 is 1.92 bits per heavy atom. The van der Waals surface area contributed by atoms with Gasteiger partial charge in [0.25, 0.3) is 0 Å². The molecule has 1 heterocycles. The van der Waals surface area contributed by atoms with E-state index >= 15 is 0 Å². The van der Waals surface area contributed by atoms with Crippen molar-refractivity contribution in [3.63, 3.8) is 0 Å². The van der Waals surface area contributed by atoms with Gasteiger partial charge in [0.05, 0.1) is 18.1 Å². The zero-order valence-corrected chi connectivity index (χ0v) is 14.6. The SMILES string of the molecule is COc1ccc(C)cc1C(=O)OC(C)c1nc2ccccc2n1C(F)F. The molecule has 0 aliphatic carbocycles. The largest absolute Gasteiger partial charge is 0.496 e. The summed E-state index contributed by atoms with van der Waals surface area (Å²) in [4.78, 5) is 16.7. The van der Waals surface area contributed by atoms with E-state index < -0.39 is 18.6 Å². The molecule has 0 aliphatic heterocycles. The van der Waals surface area contributed by atoms with Gasteiger partial charge < -0.3 is 9.47 Å². The number of nitrogens with zero attached hydrogens (tertiary/aromatic N) is 2. The second-order valence-electron chi connectivity index (χ2n) is 5.86. The number of methoxy groups -OCH3 is 1. The molecule has 0 saturated heterocycles. The number of imidazole rings is 1. The summed E-state index contributed by atoms with van der Waals surface area (Å²) < 4.78 is 38.5. The molecular formula is C19H18F2N2O3. The predicted octanol–water partition coefficient (Wildman–Crippen LogP) is 4.67. The van der Waals surface area contributed by atoms with E-state index in [9.17, 15) is 13.6 Å². The molecule has 7 heteroatoms. The number of para-hydroxylation sites is 2. The predicted molar refractivity (Wildman–Crippen MR) is 92.5 cm³/mol. The maximum absolute atomic E-state index is 13.5. The van der Waals surface area contributed by atoms with Crippen LogP contribution in [0, 0.1) is 6.92 Å². The van der Waals surface area contributed by atoms with Crippen molar-refractivity contribution in [1.29, 1.82) is 0 Å². The summed E-state index contributed by atoms with van der Waals surface area (Å²) in [5.41, 5.74) is 1.79. The van der Waals surface area contributed by atoms with Crippen molar-refractivity contribution in [2.45, 2.75) is 26.5 Å². The average Bonchev–Trinajstić information content (AvgIpc) is 3.01. The molecule has 1 unspecified atom stereocenters. The van der Waals surface area contributed by atoms with E-state index in [1.807, 2.05) is 6.92 Å². The van der Waals surface area contributed by atoms with Crippen molar-refractivity contribution in [1.82, 2.24) is 9.55 Å². The third-order valence-corrected chi connectivity index (χ3v) is 4.04. The second kappa shape index (κ2) is 7.11. The molecule has 3 rings (SSSR count). The van der Waals surface area contributed by atoms with Crippen LogP contribution in [-0.2, 0) is 4.74 Å². The highest BCUT2D eigenvalue weighted by molar-refractivity contribution is 5.93. The van der Waals surface area contributed by atoms with Crippen molar-refractivity contribution in [2.75, 3.05) is 7.11 Å². The van der Waals surface area contributed by atoms with Gasteiger partial charge in [-0.15, -0.1) is 0 Å². The Balaban J connectivity index is 1.95. The highest BCUT2D eigenvalue weighted by Gasteiger charge is 2.25. The number of hydrogen-bond donors (Lipinski definition) is 0.